The molecule has 0 bridgehead atoms. The van der Waals surface area contributed by atoms with E-state index >= 15 is 4.39 Å². The minimum atomic E-state index is -4.69. The fraction of sp³-hybridized carbons (Fsp3) is 0.333. The number of methoxy groups -OCH3 is 1. The topological polar surface area (TPSA) is 136 Å². The number of anilines is 1. The molecule has 0 radical (unpaired) electrons. The Hall–Kier alpha value is -3.82. The van der Waals surface area contributed by atoms with E-state index in [1.54, 1.807) is 20.8 Å². The van der Waals surface area contributed by atoms with E-state index in [-0.39, 0.29) is 21.0 Å². The number of hydrogen-bond donors (Lipinski definition) is 1. The minimum absolute atomic E-state index is 0.0825. The van der Waals surface area contributed by atoms with Gasteiger partial charge in [0.15, 0.2) is 9.84 Å². The van der Waals surface area contributed by atoms with Gasteiger partial charge in [-0.25, -0.2) is 39.6 Å². The zero-order valence-electron chi connectivity index (χ0n) is 25.4. The molecule has 0 heterocycles. The van der Waals surface area contributed by atoms with Crippen molar-refractivity contribution in [3.8, 4) is 0 Å². The molecule has 3 aromatic carbocycles. The molecule has 1 amide bonds. The van der Waals surface area contributed by atoms with Gasteiger partial charge in [0.1, 0.15) is 29.1 Å². The quantitative estimate of drug-likeness (QED) is 0.252. The standard InChI is InChI=1S/C30H32ClF3N2O8S2/c1-18(36(27-15-22(33)9-13-25(27)34)46(41,42)23-10-6-20(31)7-11-23)24-12-8-21(32)14-19(24)16-45(39,40)17-26(28(37)43-5)35-29(38)44-30(2,3)4/h6-15,18,26H,16-17H2,1-5H3,(H,35,38)/t18-,26-/m1/s1. The van der Waals surface area contributed by atoms with Crippen molar-refractivity contribution in [2.24, 2.45) is 0 Å². The molecule has 0 spiro atoms. The van der Waals surface area contributed by atoms with Gasteiger partial charge in [-0.1, -0.05) is 17.7 Å². The Balaban J connectivity index is 2.09. The van der Waals surface area contributed by atoms with Crippen molar-refractivity contribution in [1.82, 2.24) is 5.32 Å². The first-order chi connectivity index (χ1) is 21.2. The zero-order chi connectivity index (χ0) is 34.6. The van der Waals surface area contributed by atoms with Crippen LogP contribution in [0.1, 0.15) is 44.9 Å². The van der Waals surface area contributed by atoms with Gasteiger partial charge >= 0.3 is 12.1 Å². The highest BCUT2D eigenvalue weighted by Gasteiger charge is 2.35. The number of carbonyl (C=O) groups excluding carboxylic acids is 2. The Morgan fingerprint density at radius 3 is 2.11 bits per heavy atom. The maximum atomic E-state index is 15.2. The third kappa shape index (κ3) is 9.36. The van der Waals surface area contributed by atoms with Crippen LogP contribution in [0.3, 0.4) is 0 Å². The summed E-state index contributed by atoms with van der Waals surface area (Å²) in [5.74, 6) is -6.03. The molecule has 16 heteroatoms. The van der Waals surface area contributed by atoms with E-state index < -0.39 is 84.3 Å². The van der Waals surface area contributed by atoms with Crippen LogP contribution in [0.4, 0.5) is 23.7 Å². The number of sulfone groups is 1. The van der Waals surface area contributed by atoms with Gasteiger partial charge in [0, 0.05) is 11.1 Å². The van der Waals surface area contributed by atoms with Crippen LogP contribution in [0.5, 0.6) is 0 Å². The maximum Gasteiger partial charge on any atom is 0.408 e. The van der Waals surface area contributed by atoms with Crippen molar-refractivity contribution in [2.45, 2.75) is 56.0 Å². The predicted molar refractivity (Wildman–Crippen MR) is 165 cm³/mol. The lowest BCUT2D eigenvalue weighted by atomic mass is 10.0. The van der Waals surface area contributed by atoms with E-state index in [0.717, 1.165) is 49.6 Å². The van der Waals surface area contributed by atoms with Gasteiger partial charge < -0.3 is 14.8 Å². The average molecular weight is 705 g/mol. The van der Waals surface area contributed by atoms with Crippen LogP contribution in [0.15, 0.2) is 65.6 Å². The fourth-order valence-electron chi connectivity index (χ4n) is 4.46. The normalized spacial score (nSPS) is 13.4. The van der Waals surface area contributed by atoms with Crippen LogP contribution < -0.4 is 9.62 Å². The molecule has 0 aliphatic rings. The van der Waals surface area contributed by atoms with E-state index in [1.807, 2.05) is 0 Å². The summed E-state index contributed by atoms with van der Waals surface area (Å²) in [6.07, 6.45) is -1.10. The zero-order valence-corrected chi connectivity index (χ0v) is 27.8. The monoisotopic (exact) mass is 704 g/mol. The second kappa shape index (κ2) is 14.3. The Labute approximate surface area is 270 Å². The highest BCUT2D eigenvalue weighted by Crippen LogP contribution is 2.37. The van der Waals surface area contributed by atoms with Gasteiger partial charge in [-0.3, -0.25) is 4.31 Å². The van der Waals surface area contributed by atoms with E-state index in [4.69, 9.17) is 16.3 Å². The van der Waals surface area contributed by atoms with E-state index in [0.29, 0.717) is 10.4 Å². The predicted octanol–water partition coefficient (Wildman–Crippen LogP) is 5.69. The van der Waals surface area contributed by atoms with Gasteiger partial charge in [-0.15, -0.1) is 0 Å². The summed E-state index contributed by atoms with van der Waals surface area (Å²) >= 11 is 5.91. The molecule has 0 saturated carbocycles. The molecule has 0 aliphatic carbocycles. The van der Waals surface area contributed by atoms with Crippen molar-refractivity contribution in [3.63, 3.8) is 0 Å². The summed E-state index contributed by atoms with van der Waals surface area (Å²) in [6.45, 7) is 5.93. The number of rotatable bonds is 11. The van der Waals surface area contributed by atoms with Crippen LogP contribution >= 0.6 is 11.6 Å². The Kier molecular flexibility index (Phi) is 11.4. The highest BCUT2D eigenvalue weighted by atomic mass is 35.5. The smallest absolute Gasteiger partial charge is 0.408 e. The molecule has 46 heavy (non-hydrogen) atoms. The summed E-state index contributed by atoms with van der Waals surface area (Å²) in [5, 5.41) is 2.35. The Bertz CT molecular complexity index is 1820. The van der Waals surface area contributed by atoms with Crippen LogP contribution in [0, 0.1) is 17.5 Å². The van der Waals surface area contributed by atoms with Gasteiger partial charge in [0.05, 0.1) is 35.2 Å². The number of hydrogen-bond acceptors (Lipinski definition) is 8. The number of carbonyl (C=O) groups is 2. The molecule has 2 atom stereocenters. The van der Waals surface area contributed by atoms with Crippen molar-refractivity contribution in [1.29, 1.82) is 0 Å². The Morgan fingerprint density at radius 2 is 1.52 bits per heavy atom. The molecule has 0 fully saturated rings. The van der Waals surface area contributed by atoms with E-state index in [1.165, 1.54) is 19.1 Å². The molecular formula is C30H32ClF3N2O8S2. The molecule has 3 aromatic rings. The average Bonchev–Trinajstić information content (AvgIpc) is 2.93. The summed E-state index contributed by atoms with van der Waals surface area (Å²) in [5.41, 5.74) is -2.01. The number of sulfonamides is 1. The van der Waals surface area contributed by atoms with Crippen molar-refractivity contribution in [2.75, 3.05) is 17.2 Å². The first-order valence-corrected chi connectivity index (χ1v) is 17.2. The third-order valence-corrected chi connectivity index (χ3v) is 10.1. The lowest BCUT2D eigenvalue weighted by Gasteiger charge is -2.32. The number of ether oxygens (including phenoxy) is 2. The van der Waals surface area contributed by atoms with Gasteiger partial charge in [-0.05, 0) is 87.4 Å². The number of alkyl carbamates (subject to hydrolysis) is 1. The number of halogens is 4. The molecule has 250 valence electrons. The first kappa shape index (κ1) is 36.6. The number of benzene rings is 3. The van der Waals surface area contributed by atoms with Crippen LogP contribution in [0.2, 0.25) is 5.02 Å². The van der Waals surface area contributed by atoms with Crippen molar-refractivity contribution in [3.05, 3.63) is 94.3 Å². The molecule has 3 rings (SSSR count). The molecule has 0 aliphatic heterocycles. The highest BCUT2D eigenvalue weighted by molar-refractivity contribution is 7.92. The SMILES string of the molecule is COC(=O)[C@@H](CS(=O)(=O)Cc1cc(F)ccc1[C@@H](C)N(c1cc(F)ccc1F)S(=O)(=O)c1ccc(Cl)cc1)NC(=O)OC(C)(C)C. The van der Waals surface area contributed by atoms with Gasteiger partial charge in [-0.2, -0.15) is 0 Å². The molecule has 0 saturated heterocycles. The summed E-state index contributed by atoms with van der Waals surface area (Å²) in [7, 11) is -8.11. The van der Waals surface area contributed by atoms with Crippen molar-refractivity contribution >= 4 is 49.2 Å². The molecule has 0 aromatic heterocycles. The summed E-state index contributed by atoms with van der Waals surface area (Å²) in [6, 6.07) is 6.75. The van der Waals surface area contributed by atoms with Crippen LogP contribution in [-0.2, 0) is 39.9 Å². The second-order valence-corrected chi connectivity index (χ2v) is 15.5. The van der Waals surface area contributed by atoms with Gasteiger partial charge in [0.25, 0.3) is 10.0 Å². The third-order valence-electron chi connectivity index (χ3n) is 6.40. The molecule has 1 N–H and O–H groups in total. The lowest BCUT2D eigenvalue weighted by Crippen LogP contribution is -2.47. The molecule has 0 unspecified atom stereocenters. The van der Waals surface area contributed by atoms with Crippen LogP contribution in [-0.4, -0.2) is 53.4 Å². The van der Waals surface area contributed by atoms with Gasteiger partial charge in [0.2, 0.25) is 0 Å². The summed E-state index contributed by atoms with van der Waals surface area (Å²) < 4.78 is 109. The minimum Gasteiger partial charge on any atom is -0.467 e. The maximum absolute atomic E-state index is 15.2. The summed E-state index contributed by atoms with van der Waals surface area (Å²) in [4.78, 5) is 24.3. The molecule has 10 nitrogen and oxygen atoms in total. The number of nitrogens with one attached hydrogen (secondary N) is 1. The fourth-order valence-corrected chi connectivity index (χ4v) is 7.80. The van der Waals surface area contributed by atoms with Crippen LogP contribution in [0.25, 0.3) is 0 Å². The number of nitrogens with zero attached hydrogens (tertiary/aromatic N) is 1. The number of amides is 1. The van der Waals surface area contributed by atoms with Crippen molar-refractivity contribution < 1.29 is 49.1 Å². The Morgan fingerprint density at radius 1 is 0.935 bits per heavy atom. The molecular weight excluding hydrogens is 673 g/mol. The number of esters is 1. The first-order valence-electron chi connectivity index (χ1n) is 13.5. The van der Waals surface area contributed by atoms with E-state index in [2.05, 4.69) is 10.1 Å². The lowest BCUT2D eigenvalue weighted by molar-refractivity contribution is -0.142. The van der Waals surface area contributed by atoms with E-state index in [9.17, 15) is 35.2 Å². The largest absolute Gasteiger partial charge is 0.467 e. The second-order valence-electron chi connectivity index (χ2n) is 11.1.